The van der Waals surface area contributed by atoms with Crippen LogP contribution in [-0.2, 0) is 9.59 Å². The van der Waals surface area contributed by atoms with Gasteiger partial charge in [-0.25, -0.2) is 4.39 Å². The van der Waals surface area contributed by atoms with E-state index in [0.29, 0.717) is 22.2 Å². The zero-order valence-electron chi connectivity index (χ0n) is 14.5. The quantitative estimate of drug-likeness (QED) is 0.465. The van der Waals surface area contributed by atoms with Crippen molar-refractivity contribution in [3.63, 3.8) is 0 Å². The first kappa shape index (κ1) is 17.2. The van der Waals surface area contributed by atoms with Crippen LogP contribution in [0.5, 0.6) is 0 Å². The van der Waals surface area contributed by atoms with Gasteiger partial charge in [0.2, 0.25) is 0 Å². The highest BCUT2D eigenvalue weighted by atomic mass is 35.5. The Morgan fingerprint density at radius 3 is 2.57 bits per heavy atom. The molecule has 0 unspecified atom stereocenters. The molecule has 1 aliphatic rings. The predicted octanol–water partition coefficient (Wildman–Crippen LogP) is 5.14. The fourth-order valence-corrected chi connectivity index (χ4v) is 4.91. The second-order valence-electron chi connectivity index (χ2n) is 6.57. The highest BCUT2D eigenvalue weighted by Gasteiger charge is 2.38. The Kier molecular flexibility index (Phi) is 3.69. The van der Waals surface area contributed by atoms with E-state index in [0.717, 1.165) is 19.9 Å². The first-order valence-electron chi connectivity index (χ1n) is 8.48. The second-order valence-corrected chi connectivity index (χ2v) is 8.03. The van der Waals surface area contributed by atoms with Crippen LogP contribution in [0.3, 0.4) is 0 Å². The smallest absolute Gasteiger partial charge is 0.272 e. The normalized spacial score (nSPS) is 14.9. The van der Waals surface area contributed by atoms with Crippen molar-refractivity contribution in [3.8, 4) is 10.6 Å². The number of carbonyl (C=O) groups excluding carboxylic acids is 2. The Balaban J connectivity index is 1.87. The number of rotatable bonds is 2. The lowest BCUT2D eigenvalue weighted by atomic mass is 10.0. The average Bonchev–Trinajstić information content (AvgIpc) is 3.32. The molecule has 0 atom stereocenters. The molecule has 0 saturated heterocycles. The number of aromatic nitrogens is 1. The molecule has 3 heterocycles. The number of likely N-dealkylation sites (N-methyl/N-ethyl adjacent to an activating group) is 1. The third-order valence-electron chi connectivity index (χ3n) is 4.91. The Morgan fingerprint density at radius 1 is 1.07 bits per heavy atom. The topological polar surface area (TPSA) is 53.2 Å². The molecule has 7 heteroatoms. The molecule has 0 bridgehead atoms. The lowest BCUT2D eigenvalue weighted by molar-refractivity contribution is -0.134. The number of imide groups is 1. The number of thiophene rings is 1. The number of fused-ring (bicyclic) bond motifs is 2. The van der Waals surface area contributed by atoms with Gasteiger partial charge in [0, 0.05) is 28.2 Å². The van der Waals surface area contributed by atoms with Gasteiger partial charge in [0.25, 0.3) is 11.8 Å². The van der Waals surface area contributed by atoms with Crippen molar-refractivity contribution in [2.75, 3.05) is 7.05 Å². The van der Waals surface area contributed by atoms with Gasteiger partial charge in [-0.15, -0.1) is 11.3 Å². The van der Waals surface area contributed by atoms with Gasteiger partial charge in [-0.2, -0.15) is 0 Å². The summed E-state index contributed by atoms with van der Waals surface area (Å²) >= 11 is 7.80. The number of aromatic amines is 1. The van der Waals surface area contributed by atoms with Crippen LogP contribution in [0.25, 0.3) is 37.1 Å². The maximum absolute atomic E-state index is 14.0. The highest BCUT2D eigenvalue weighted by molar-refractivity contribution is 7.22. The first-order valence-corrected chi connectivity index (χ1v) is 9.68. The highest BCUT2D eigenvalue weighted by Crippen LogP contribution is 2.44. The van der Waals surface area contributed by atoms with Crippen LogP contribution in [0.15, 0.2) is 53.6 Å². The molecule has 0 spiro atoms. The van der Waals surface area contributed by atoms with E-state index in [-0.39, 0.29) is 10.6 Å². The molecule has 1 aliphatic heterocycles. The number of amides is 2. The summed E-state index contributed by atoms with van der Waals surface area (Å²) in [4.78, 5) is 30.2. The third-order valence-corrected chi connectivity index (χ3v) is 6.40. The summed E-state index contributed by atoms with van der Waals surface area (Å²) in [6.07, 6.45) is 0. The second kappa shape index (κ2) is 6.02. The molecule has 2 aromatic heterocycles. The van der Waals surface area contributed by atoms with E-state index in [1.807, 2.05) is 30.3 Å². The zero-order chi connectivity index (χ0) is 19.6. The number of halogens is 2. The van der Waals surface area contributed by atoms with E-state index in [9.17, 15) is 14.0 Å². The van der Waals surface area contributed by atoms with Crippen LogP contribution in [0.1, 0.15) is 5.56 Å². The summed E-state index contributed by atoms with van der Waals surface area (Å²) in [5, 5.41) is 1.42. The van der Waals surface area contributed by atoms with Gasteiger partial charge in [-0.3, -0.25) is 14.5 Å². The van der Waals surface area contributed by atoms with Crippen LogP contribution < -0.4 is 0 Å². The molecule has 0 saturated carbocycles. The van der Waals surface area contributed by atoms with Crippen molar-refractivity contribution in [1.82, 2.24) is 9.88 Å². The summed E-state index contributed by atoms with van der Waals surface area (Å²) < 4.78 is 15.1. The summed E-state index contributed by atoms with van der Waals surface area (Å²) in [5.41, 5.74) is 1.86. The van der Waals surface area contributed by atoms with Crippen molar-refractivity contribution in [2.45, 2.75) is 0 Å². The van der Waals surface area contributed by atoms with Gasteiger partial charge in [0.15, 0.2) is 0 Å². The number of nitrogens with zero attached hydrogens (tertiary/aromatic N) is 1. The van der Waals surface area contributed by atoms with Crippen molar-refractivity contribution < 1.29 is 14.0 Å². The average molecular weight is 411 g/mol. The minimum atomic E-state index is -0.560. The van der Waals surface area contributed by atoms with Gasteiger partial charge in [-0.1, -0.05) is 29.8 Å². The number of benzene rings is 2. The lowest BCUT2D eigenvalue weighted by Crippen LogP contribution is -2.26. The molecule has 0 radical (unpaired) electrons. The van der Waals surface area contributed by atoms with Gasteiger partial charge in [0.1, 0.15) is 10.8 Å². The molecular weight excluding hydrogens is 399 g/mol. The Morgan fingerprint density at radius 2 is 1.86 bits per heavy atom. The Hall–Kier alpha value is -2.96. The molecule has 4 nitrogen and oxygen atoms in total. The van der Waals surface area contributed by atoms with Crippen molar-refractivity contribution in [1.29, 1.82) is 0 Å². The maximum Gasteiger partial charge on any atom is 0.272 e. The lowest BCUT2D eigenvalue weighted by Gasteiger charge is -2.07. The molecule has 1 N–H and O–H groups in total. The summed E-state index contributed by atoms with van der Waals surface area (Å²) in [6.45, 7) is 0. The Labute approximate surface area is 167 Å². The molecule has 28 heavy (non-hydrogen) atoms. The van der Waals surface area contributed by atoms with E-state index in [2.05, 4.69) is 4.98 Å². The van der Waals surface area contributed by atoms with Crippen LogP contribution in [0.4, 0.5) is 4.39 Å². The fourth-order valence-electron chi connectivity index (χ4n) is 3.54. The van der Waals surface area contributed by atoms with Gasteiger partial charge in [0.05, 0.1) is 16.1 Å². The molecule has 5 rings (SSSR count). The molecule has 4 aromatic rings. The van der Waals surface area contributed by atoms with Crippen molar-refractivity contribution >= 4 is 61.3 Å². The minimum absolute atomic E-state index is 0.0958. The maximum atomic E-state index is 14.0. The number of H-pyrrole nitrogens is 1. The van der Waals surface area contributed by atoms with Crippen LogP contribution in [-0.4, -0.2) is 28.7 Å². The summed E-state index contributed by atoms with van der Waals surface area (Å²) in [6, 6.07) is 14.2. The van der Waals surface area contributed by atoms with E-state index < -0.39 is 17.6 Å². The van der Waals surface area contributed by atoms with Gasteiger partial charge in [-0.05, 0) is 35.7 Å². The molecule has 138 valence electrons. The van der Waals surface area contributed by atoms with E-state index >= 15 is 0 Å². The fraction of sp³-hybridized carbons (Fsp3) is 0.0476. The standard InChI is InChI=1S/C21H12ClFN2O2S/c1-25-20(26)17(18(22)21(25)27)16-12-9-11(23)6-7-13(12)24-19(16)15-8-10-4-2-3-5-14(10)28-15/h2-9,24H,1H3. The van der Waals surface area contributed by atoms with Gasteiger partial charge < -0.3 is 4.98 Å². The third kappa shape index (κ3) is 2.35. The predicted molar refractivity (Wildman–Crippen MR) is 110 cm³/mol. The van der Waals surface area contributed by atoms with Crippen molar-refractivity contribution in [2.24, 2.45) is 0 Å². The van der Waals surface area contributed by atoms with Crippen molar-refractivity contribution in [3.05, 3.63) is 64.9 Å². The Bertz CT molecular complexity index is 1320. The van der Waals surface area contributed by atoms with Gasteiger partial charge >= 0.3 is 0 Å². The molecule has 2 amide bonds. The largest absolute Gasteiger partial charge is 0.353 e. The monoisotopic (exact) mass is 410 g/mol. The number of nitrogens with one attached hydrogen (secondary N) is 1. The molecule has 2 aromatic carbocycles. The minimum Gasteiger partial charge on any atom is -0.353 e. The zero-order valence-corrected chi connectivity index (χ0v) is 16.1. The van der Waals surface area contributed by atoms with E-state index in [1.54, 1.807) is 17.4 Å². The van der Waals surface area contributed by atoms with Crippen LogP contribution >= 0.6 is 22.9 Å². The SMILES string of the molecule is CN1C(=O)C(Cl)=C(c2c(-c3cc4ccccc4s3)[nH]c3ccc(F)cc23)C1=O. The molecule has 0 fully saturated rings. The van der Waals surface area contributed by atoms with E-state index in [1.165, 1.54) is 19.2 Å². The number of carbonyl (C=O) groups is 2. The van der Waals surface area contributed by atoms with Crippen LogP contribution in [0, 0.1) is 5.82 Å². The van der Waals surface area contributed by atoms with Crippen LogP contribution in [0.2, 0.25) is 0 Å². The van der Waals surface area contributed by atoms with E-state index in [4.69, 9.17) is 11.6 Å². The summed E-state index contributed by atoms with van der Waals surface area (Å²) in [7, 11) is 1.38. The number of hydrogen-bond donors (Lipinski definition) is 1. The summed E-state index contributed by atoms with van der Waals surface area (Å²) in [5.74, 6) is -1.49. The first-order chi connectivity index (χ1) is 13.5. The molecule has 0 aliphatic carbocycles. The molecular formula is C21H12ClFN2O2S. The number of hydrogen-bond acceptors (Lipinski definition) is 3.